The van der Waals surface area contributed by atoms with Crippen LogP contribution < -0.4 is 19.7 Å². The van der Waals surface area contributed by atoms with Crippen molar-refractivity contribution in [2.45, 2.75) is 37.6 Å². The Balaban J connectivity index is 1.62. The molecule has 0 aliphatic carbocycles. The van der Waals surface area contributed by atoms with Gasteiger partial charge >= 0.3 is 0 Å². The molecule has 0 unspecified atom stereocenters. The molecule has 2 aliphatic rings. The lowest BCUT2D eigenvalue weighted by Gasteiger charge is -2.30. The van der Waals surface area contributed by atoms with Gasteiger partial charge in [-0.25, -0.2) is 0 Å². The van der Waals surface area contributed by atoms with Gasteiger partial charge in [-0.3, -0.25) is 4.98 Å². The summed E-state index contributed by atoms with van der Waals surface area (Å²) in [5.74, 6) is 1.47. The lowest BCUT2D eigenvalue weighted by Crippen LogP contribution is -2.31. The zero-order valence-electron chi connectivity index (χ0n) is 18.8. The molecule has 2 aliphatic heterocycles. The van der Waals surface area contributed by atoms with Crippen LogP contribution in [0, 0.1) is 0 Å². The molecular formula is C25H28N4O3S. The van der Waals surface area contributed by atoms with Crippen molar-refractivity contribution in [3.05, 3.63) is 72.3 Å². The second-order valence-electron chi connectivity index (χ2n) is 8.25. The van der Waals surface area contributed by atoms with E-state index in [1.54, 1.807) is 14.2 Å². The Morgan fingerprint density at radius 1 is 1.15 bits per heavy atom. The summed E-state index contributed by atoms with van der Waals surface area (Å²) in [4.78, 5) is 6.78. The molecule has 172 valence electrons. The zero-order chi connectivity index (χ0) is 22.8. The summed E-state index contributed by atoms with van der Waals surface area (Å²) in [6, 6.07) is 15.7. The number of pyridine rings is 1. The number of hydrogen-bond acceptors (Lipinski definition) is 5. The maximum atomic E-state index is 5.93. The Hall–Kier alpha value is -3.10. The van der Waals surface area contributed by atoms with Crippen LogP contribution in [0.25, 0.3) is 0 Å². The van der Waals surface area contributed by atoms with E-state index in [9.17, 15) is 0 Å². The van der Waals surface area contributed by atoms with Gasteiger partial charge in [0.1, 0.15) is 17.5 Å². The largest absolute Gasteiger partial charge is 0.497 e. The van der Waals surface area contributed by atoms with Crippen LogP contribution >= 0.6 is 12.2 Å². The number of methoxy groups -OCH3 is 2. The molecule has 0 spiro atoms. The highest BCUT2D eigenvalue weighted by Gasteiger charge is 2.43. The predicted octanol–water partition coefficient (Wildman–Crippen LogP) is 4.26. The highest BCUT2D eigenvalue weighted by molar-refractivity contribution is 7.80. The minimum atomic E-state index is -0.134. The number of nitrogens with zero attached hydrogens (tertiary/aromatic N) is 3. The molecule has 0 saturated carbocycles. The smallest absolute Gasteiger partial charge is 0.174 e. The fraction of sp³-hybridized carbons (Fsp3) is 0.360. The van der Waals surface area contributed by atoms with Gasteiger partial charge in [-0.1, -0.05) is 6.07 Å². The number of nitrogens with one attached hydrogen (secondary N) is 1. The fourth-order valence-electron chi connectivity index (χ4n) is 4.77. The van der Waals surface area contributed by atoms with Crippen molar-refractivity contribution < 1.29 is 14.2 Å². The predicted molar refractivity (Wildman–Crippen MR) is 131 cm³/mol. The van der Waals surface area contributed by atoms with Crippen LogP contribution in [0.1, 0.15) is 36.3 Å². The molecule has 33 heavy (non-hydrogen) atoms. The zero-order valence-corrected chi connectivity index (χ0v) is 19.6. The number of benzene rings is 1. The van der Waals surface area contributed by atoms with E-state index in [4.69, 9.17) is 26.4 Å². The second-order valence-corrected chi connectivity index (χ2v) is 8.64. The summed E-state index contributed by atoms with van der Waals surface area (Å²) < 4.78 is 19.5. The van der Waals surface area contributed by atoms with E-state index >= 15 is 0 Å². The molecular weight excluding hydrogens is 436 g/mol. The van der Waals surface area contributed by atoms with Crippen molar-refractivity contribution in [1.82, 2.24) is 14.9 Å². The summed E-state index contributed by atoms with van der Waals surface area (Å²) in [5.41, 5.74) is 2.92. The van der Waals surface area contributed by atoms with E-state index < -0.39 is 0 Å². The Morgan fingerprint density at radius 3 is 2.79 bits per heavy atom. The summed E-state index contributed by atoms with van der Waals surface area (Å²) >= 11 is 5.88. The van der Waals surface area contributed by atoms with Gasteiger partial charge in [0, 0.05) is 37.3 Å². The van der Waals surface area contributed by atoms with E-state index in [1.807, 2.05) is 42.6 Å². The number of rotatable bonds is 7. The van der Waals surface area contributed by atoms with Crippen LogP contribution in [0.2, 0.25) is 0 Å². The molecule has 1 aromatic carbocycles. The molecule has 4 heterocycles. The van der Waals surface area contributed by atoms with E-state index in [0.717, 1.165) is 54.6 Å². The topological polar surface area (TPSA) is 60.8 Å². The number of anilines is 1. The number of ether oxygens (including phenoxy) is 3. The van der Waals surface area contributed by atoms with Crippen LogP contribution in [-0.2, 0) is 11.3 Å². The number of aromatic nitrogens is 2. The average molecular weight is 465 g/mol. The summed E-state index contributed by atoms with van der Waals surface area (Å²) in [5, 5.41) is 4.14. The fourth-order valence-corrected chi connectivity index (χ4v) is 5.11. The first kappa shape index (κ1) is 21.7. The van der Waals surface area contributed by atoms with Gasteiger partial charge < -0.3 is 29.0 Å². The van der Waals surface area contributed by atoms with Crippen molar-refractivity contribution in [2.75, 3.05) is 25.7 Å². The normalized spacial score (nSPS) is 22.4. The Morgan fingerprint density at radius 2 is 2.06 bits per heavy atom. The summed E-state index contributed by atoms with van der Waals surface area (Å²) in [7, 11) is 3.33. The SMILES string of the molecule is COc1ccc(OC)c(N2C(=S)N[C@@H](c3ccccn3)[C@@H]2c2cccn2C[C@@H]2CCCO2)c1. The monoisotopic (exact) mass is 464 g/mol. The molecule has 2 aromatic heterocycles. The third-order valence-electron chi connectivity index (χ3n) is 6.34. The van der Waals surface area contributed by atoms with Gasteiger partial charge in [-0.05, 0) is 61.5 Å². The van der Waals surface area contributed by atoms with Crippen molar-refractivity contribution in [2.24, 2.45) is 0 Å². The first-order valence-corrected chi connectivity index (χ1v) is 11.6. The molecule has 3 aromatic rings. The van der Waals surface area contributed by atoms with Crippen LogP contribution in [0.4, 0.5) is 5.69 Å². The van der Waals surface area contributed by atoms with Crippen LogP contribution in [-0.4, -0.2) is 41.6 Å². The van der Waals surface area contributed by atoms with Crippen LogP contribution in [0.5, 0.6) is 11.5 Å². The van der Waals surface area contributed by atoms with E-state index in [1.165, 1.54) is 0 Å². The standard InChI is InChI=1S/C25H28N4O3S/c1-30-17-10-11-22(31-2)21(15-17)29-24(23(27-25(29)33)19-8-3-4-12-26-19)20-9-5-13-28(20)16-18-7-6-14-32-18/h3-5,8-13,15,18,23-24H,6-7,14,16H2,1-2H3,(H,27,33)/t18-,23-,24-/m0/s1. The summed E-state index contributed by atoms with van der Waals surface area (Å²) in [6.07, 6.45) is 6.35. The number of hydrogen-bond donors (Lipinski definition) is 1. The third kappa shape index (κ3) is 4.16. The molecule has 5 rings (SSSR count). The Bertz CT molecular complexity index is 1110. The maximum absolute atomic E-state index is 5.93. The minimum Gasteiger partial charge on any atom is -0.497 e. The van der Waals surface area contributed by atoms with Gasteiger partial charge in [-0.2, -0.15) is 0 Å². The highest BCUT2D eigenvalue weighted by atomic mass is 32.1. The van der Waals surface area contributed by atoms with E-state index in [2.05, 4.69) is 38.1 Å². The van der Waals surface area contributed by atoms with Gasteiger partial charge in [0.15, 0.2) is 5.11 Å². The second kappa shape index (κ2) is 9.41. The molecule has 1 N–H and O–H groups in total. The van der Waals surface area contributed by atoms with E-state index in [0.29, 0.717) is 5.11 Å². The quantitative estimate of drug-likeness (QED) is 0.525. The van der Waals surface area contributed by atoms with Gasteiger partial charge in [0.25, 0.3) is 0 Å². The van der Waals surface area contributed by atoms with Gasteiger partial charge in [0.05, 0.1) is 37.7 Å². The summed E-state index contributed by atoms with van der Waals surface area (Å²) in [6.45, 7) is 1.64. The molecule has 7 nitrogen and oxygen atoms in total. The van der Waals surface area contributed by atoms with Crippen LogP contribution in [0.15, 0.2) is 60.9 Å². The molecule has 3 atom stereocenters. The van der Waals surface area contributed by atoms with E-state index in [-0.39, 0.29) is 18.2 Å². The average Bonchev–Trinajstić information content (AvgIpc) is 3.60. The van der Waals surface area contributed by atoms with Crippen molar-refractivity contribution in [3.8, 4) is 11.5 Å². The third-order valence-corrected chi connectivity index (χ3v) is 6.65. The molecule has 0 bridgehead atoms. The molecule has 2 fully saturated rings. The molecule has 2 saturated heterocycles. The van der Waals surface area contributed by atoms with Crippen LogP contribution in [0.3, 0.4) is 0 Å². The Labute approximate surface area is 199 Å². The first-order valence-electron chi connectivity index (χ1n) is 11.2. The number of thiocarbonyl (C=S) groups is 1. The van der Waals surface area contributed by atoms with Crippen molar-refractivity contribution in [1.29, 1.82) is 0 Å². The lowest BCUT2D eigenvalue weighted by molar-refractivity contribution is 0.0961. The highest BCUT2D eigenvalue weighted by Crippen LogP contribution is 2.45. The maximum Gasteiger partial charge on any atom is 0.174 e. The Kier molecular flexibility index (Phi) is 6.20. The molecule has 0 amide bonds. The first-order chi connectivity index (χ1) is 16.2. The lowest BCUT2D eigenvalue weighted by atomic mass is 10.0. The molecule has 0 radical (unpaired) electrons. The van der Waals surface area contributed by atoms with Crippen molar-refractivity contribution >= 4 is 23.0 Å². The van der Waals surface area contributed by atoms with Gasteiger partial charge in [0.2, 0.25) is 0 Å². The molecule has 8 heteroatoms. The van der Waals surface area contributed by atoms with Crippen molar-refractivity contribution in [3.63, 3.8) is 0 Å². The van der Waals surface area contributed by atoms with Gasteiger partial charge in [-0.15, -0.1) is 0 Å². The minimum absolute atomic E-state index is 0.132.